The molecule has 0 atom stereocenters. The molecule has 1 saturated heterocycles. The smallest absolute Gasteiger partial charge is 0.251 e. The molecule has 0 unspecified atom stereocenters. The average molecular weight is 403 g/mol. The number of rotatable bonds is 5. The van der Waals surface area contributed by atoms with Crippen LogP contribution in [0.25, 0.3) is 33.5 Å². The zero-order chi connectivity index (χ0) is 20.5. The highest BCUT2D eigenvalue weighted by Crippen LogP contribution is 2.27. The maximum absolute atomic E-state index is 12.9. The molecule has 2 aromatic carbocycles. The maximum Gasteiger partial charge on any atom is 0.251 e. The second kappa shape index (κ2) is 7.89. The molecule has 154 valence electrons. The molecule has 0 spiro atoms. The molecule has 30 heavy (non-hydrogen) atoms. The molecule has 8 nitrogen and oxygen atoms in total. The van der Waals surface area contributed by atoms with Crippen molar-refractivity contribution in [3.05, 3.63) is 48.0 Å². The Morgan fingerprint density at radius 3 is 2.80 bits per heavy atom. The first-order valence-corrected chi connectivity index (χ1v) is 10.4. The predicted octanol–water partition coefficient (Wildman–Crippen LogP) is 2.26. The van der Waals surface area contributed by atoms with Gasteiger partial charge in [-0.25, -0.2) is 4.98 Å². The number of nitrogens with two attached hydrogens (primary N) is 1. The van der Waals surface area contributed by atoms with Crippen LogP contribution in [0.2, 0.25) is 0 Å². The Labute approximate surface area is 173 Å². The monoisotopic (exact) mass is 403 g/mol. The van der Waals surface area contributed by atoms with Gasteiger partial charge in [-0.15, -0.1) is 0 Å². The minimum Gasteiger partial charge on any atom is -0.349 e. The predicted molar refractivity (Wildman–Crippen MR) is 117 cm³/mol. The Morgan fingerprint density at radius 2 is 2.00 bits per heavy atom. The van der Waals surface area contributed by atoms with E-state index in [1.54, 1.807) is 0 Å². The highest BCUT2D eigenvalue weighted by atomic mass is 16.1. The van der Waals surface area contributed by atoms with Gasteiger partial charge in [-0.1, -0.05) is 12.1 Å². The summed E-state index contributed by atoms with van der Waals surface area (Å²) in [6.07, 6.45) is 1.90. The Hall–Kier alpha value is -3.23. The van der Waals surface area contributed by atoms with Gasteiger partial charge < -0.3 is 20.9 Å². The lowest BCUT2D eigenvalue weighted by Gasteiger charge is -2.32. The van der Waals surface area contributed by atoms with Gasteiger partial charge >= 0.3 is 0 Å². The fourth-order valence-electron chi connectivity index (χ4n) is 4.15. The third-order valence-electron chi connectivity index (χ3n) is 5.81. The number of hydrogen-bond donors (Lipinski definition) is 4. The van der Waals surface area contributed by atoms with E-state index in [2.05, 4.69) is 30.4 Å². The lowest BCUT2D eigenvalue weighted by Crippen LogP contribution is -2.45. The number of hydrogen-bond acceptors (Lipinski definition) is 5. The maximum atomic E-state index is 12.9. The molecule has 2 aromatic heterocycles. The van der Waals surface area contributed by atoms with E-state index in [9.17, 15) is 4.79 Å². The van der Waals surface area contributed by atoms with Crippen LogP contribution in [-0.2, 0) is 0 Å². The Kier molecular flexibility index (Phi) is 4.94. The summed E-state index contributed by atoms with van der Waals surface area (Å²) in [6.45, 7) is 3.54. The van der Waals surface area contributed by atoms with Crippen LogP contribution in [0.4, 0.5) is 0 Å². The van der Waals surface area contributed by atoms with Crippen molar-refractivity contribution in [1.82, 2.24) is 30.4 Å². The number of carbonyl (C=O) groups excluding carboxylic acids is 1. The second-order valence-corrected chi connectivity index (χ2v) is 7.81. The van der Waals surface area contributed by atoms with Gasteiger partial charge in [0.2, 0.25) is 0 Å². The topological polar surface area (TPSA) is 116 Å². The van der Waals surface area contributed by atoms with Crippen LogP contribution in [0, 0.1) is 0 Å². The lowest BCUT2D eigenvalue weighted by atomic mass is 10.0. The van der Waals surface area contributed by atoms with Gasteiger partial charge in [0.1, 0.15) is 5.69 Å². The molecule has 0 radical (unpaired) electrons. The van der Waals surface area contributed by atoms with E-state index in [4.69, 9.17) is 5.73 Å². The average Bonchev–Trinajstić information content (AvgIpc) is 3.38. The van der Waals surface area contributed by atoms with E-state index < -0.39 is 0 Å². The number of amides is 1. The van der Waals surface area contributed by atoms with Crippen molar-refractivity contribution in [1.29, 1.82) is 0 Å². The quantitative estimate of drug-likeness (QED) is 0.408. The van der Waals surface area contributed by atoms with Crippen molar-refractivity contribution >= 4 is 27.8 Å². The number of H-pyrrole nitrogens is 2. The minimum atomic E-state index is -0.0501. The van der Waals surface area contributed by atoms with E-state index in [1.165, 1.54) is 0 Å². The van der Waals surface area contributed by atoms with Crippen LogP contribution in [0.15, 0.2) is 42.5 Å². The van der Waals surface area contributed by atoms with Gasteiger partial charge in [0, 0.05) is 43.2 Å². The van der Waals surface area contributed by atoms with Gasteiger partial charge in [-0.3, -0.25) is 9.89 Å². The molecule has 5 rings (SSSR count). The molecule has 1 amide bonds. The fourth-order valence-corrected chi connectivity index (χ4v) is 4.15. The van der Waals surface area contributed by atoms with Crippen molar-refractivity contribution in [2.24, 2.45) is 5.73 Å². The molecule has 0 saturated carbocycles. The zero-order valence-electron chi connectivity index (χ0n) is 16.7. The number of nitrogens with one attached hydrogen (secondary N) is 3. The summed E-state index contributed by atoms with van der Waals surface area (Å²) in [5.74, 6) is 0.637. The third-order valence-corrected chi connectivity index (χ3v) is 5.81. The summed E-state index contributed by atoms with van der Waals surface area (Å²) in [5.41, 5.74) is 9.70. The third kappa shape index (κ3) is 3.55. The molecular formula is C22H25N7O. The van der Waals surface area contributed by atoms with E-state index >= 15 is 0 Å². The van der Waals surface area contributed by atoms with Crippen molar-refractivity contribution in [3.63, 3.8) is 0 Å². The molecule has 5 N–H and O–H groups in total. The van der Waals surface area contributed by atoms with E-state index in [0.717, 1.165) is 54.4 Å². The standard InChI is InChI=1S/C22H25N7O/c23-9-12-29-10-7-15(8-11-29)24-22(30)14-5-6-17-16(13-14)20(28-27-17)21-25-18-3-1-2-4-19(18)26-21/h1-6,13,15H,7-12,23H2,(H,24,30)(H,25,26)(H,27,28). The number of benzene rings is 2. The number of carbonyl (C=O) groups is 1. The summed E-state index contributed by atoms with van der Waals surface area (Å²) >= 11 is 0. The van der Waals surface area contributed by atoms with Crippen molar-refractivity contribution in [2.75, 3.05) is 26.2 Å². The van der Waals surface area contributed by atoms with E-state index in [1.807, 2.05) is 42.5 Å². The van der Waals surface area contributed by atoms with Crippen LogP contribution in [0.3, 0.4) is 0 Å². The number of fused-ring (bicyclic) bond motifs is 2. The Bertz CT molecular complexity index is 1150. The molecule has 1 fully saturated rings. The molecule has 3 heterocycles. The van der Waals surface area contributed by atoms with Crippen LogP contribution in [0.1, 0.15) is 23.2 Å². The van der Waals surface area contributed by atoms with Gasteiger partial charge in [-0.05, 0) is 43.2 Å². The molecule has 1 aliphatic rings. The molecule has 1 aliphatic heterocycles. The highest BCUT2D eigenvalue weighted by molar-refractivity contribution is 6.01. The van der Waals surface area contributed by atoms with Crippen LogP contribution < -0.4 is 11.1 Å². The van der Waals surface area contributed by atoms with Crippen molar-refractivity contribution < 1.29 is 4.79 Å². The lowest BCUT2D eigenvalue weighted by molar-refractivity contribution is 0.0912. The summed E-state index contributed by atoms with van der Waals surface area (Å²) < 4.78 is 0. The number of piperidine rings is 1. The highest BCUT2D eigenvalue weighted by Gasteiger charge is 2.21. The molecule has 8 heteroatoms. The second-order valence-electron chi connectivity index (χ2n) is 7.81. The van der Waals surface area contributed by atoms with Gasteiger partial charge in [-0.2, -0.15) is 5.10 Å². The Morgan fingerprint density at radius 1 is 1.17 bits per heavy atom. The van der Waals surface area contributed by atoms with Gasteiger partial charge in [0.25, 0.3) is 5.91 Å². The largest absolute Gasteiger partial charge is 0.349 e. The first-order chi connectivity index (χ1) is 14.7. The van der Waals surface area contributed by atoms with Crippen LogP contribution in [-0.4, -0.2) is 63.2 Å². The summed E-state index contributed by atoms with van der Waals surface area (Å²) in [4.78, 5) is 23.2. The minimum absolute atomic E-state index is 0.0501. The number of imidazole rings is 1. The molecular weight excluding hydrogens is 378 g/mol. The number of likely N-dealkylation sites (tertiary alicyclic amines) is 1. The zero-order valence-corrected chi connectivity index (χ0v) is 16.7. The SMILES string of the molecule is NCCN1CCC(NC(=O)c2ccc3[nH]nc(-c4nc5ccccc5[nH]4)c3c2)CC1. The molecule has 0 aliphatic carbocycles. The molecule has 0 bridgehead atoms. The normalized spacial score (nSPS) is 15.8. The number of para-hydroxylation sites is 2. The number of nitrogens with zero attached hydrogens (tertiary/aromatic N) is 3. The van der Waals surface area contributed by atoms with Crippen molar-refractivity contribution in [3.8, 4) is 11.5 Å². The number of aromatic nitrogens is 4. The summed E-state index contributed by atoms with van der Waals surface area (Å²) in [5, 5.41) is 11.5. The van der Waals surface area contributed by atoms with E-state index in [-0.39, 0.29) is 11.9 Å². The number of aromatic amines is 2. The Balaban J connectivity index is 1.37. The first-order valence-electron chi connectivity index (χ1n) is 10.4. The summed E-state index contributed by atoms with van der Waals surface area (Å²) in [7, 11) is 0. The van der Waals surface area contributed by atoms with Gasteiger partial charge in [0.05, 0.1) is 16.6 Å². The van der Waals surface area contributed by atoms with Gasteiger partial charge in [0.15, 0.2) is 5.82 Å². The van der Waals surface area contributed by atoms with Crippen molar-refractivity contribution in [2.45, 2.75) is 18.9 Å². The summed E-state index contributed by atoms with van der Waals surface area (Å²) in [6, 6.07) is 13.7. The first kappa shape index (κ1) is 18.8. The van der Waals surface area contributed by atoms with Crippen LogP contribution in [0.5, 0.6) is 0 Å². The van der Waals surface area contributed by atoms with Crippen LogP contribution >= 0.6 is 0 Å². The fraction of sp³-hybridized carbons (Fsp3) is 0.318. The molecule has 4 aromatic rings. The van der Waals surface area contributed by atoms with E-state index in [0.29, 0.717) is 23.6 Å².